The van der Waals surface area contributed by atoms with Crippen molar-refractivity contribution in [3.8, 4) is 11.3 Å². The maximum Gasteiger partial charge on any atom is 0.253 e. The number of benzene rings is 1. The molecule has 0 saturated carbocycles. The lowest BCUT2D eigenvalue weighted by atomic mass is 9.84. The predicted molar refractivity (Wildman–Crippen MR) is 156 cm³/mol. The van der Waals surface area contributed by atoms with Crippen molar-refractivity contribution in [2.75, 3.05) is 13.2 Å². The van der Waals surface area contributed by atoms with E-state index in [1.165, 1.54) is 12.8 Å². The number of hydrogen-bond acceptors (Lipinski definition) is 3. The first-order chi connectivity index (χ1) is 17.7. The third-order valence-corrected chi connectivity index (χ3v) is 7.41. The topological polar surface area (TPSA) is 72.4 Å². The molecule has 2 aromatic rings. The number of carbonyl (C=O) groups excluding carboxylic acids is 2. The SMILES string of the molecule is CCCCC(CC)Cn1c(-c2cc(C(=O)NC(C)(C)C)cc(C(C)(C)C)c2)cc(C(=O)NC2COC2)c1C. The number of carbonyl (C=O) groups is 2. The number of ether oxygens (including phenoxy) is 1. The van der Waals surface area contributed by atoms with Gasteiger partial charge in [0, 0.05) is 29.0 Å². The van der Waals surface area contributed by atoms with Crippen LogP contribution in [0.4, 0.5) is 0 Å². The maximum absolute atomic E-state index is 13.3. The van der Waals surface area contributed by atoms with E-state index in [2.05, 4.69) is 55.9 Å². The van der Waals surface area contributed by atoms with Gasteiger partial charge in [-0.3, -0.25) is 9.59 Å². The van der Waals surface area contributed by atoms with Crippen molar-refractivity contribution in [3.63, 3.8) is 0 Å². The molecule has 6 nitrogen and oxygen atoms in total. The highest BCUT2D eigenvalue weighted by atomic mass is 16.5. The Morgan fingerprint density at radius 2 is 1.71 bits per heavy atom. The predicted octanol–water partition coefficient (Wildman–Crippen LogP) is 6.63. The number of unbranched alkanes of at least 4 members (excludes halogenated alkanes) is 1. The molecule has 0 radical (unpaired) electrons. The van der Waals surface area contributed by atoms with Crippen molar-refractivity contribution in [2.45, 2.75) is 112 Å². The Bertz CT molecular complexity index is 1130. The van der Waals surface area contributed by atoms with E-state index in [1.54, 1.807) is 0 Å². The van der Waals surface area contributed by atoms with E-state index in [0.29, 0.717) is 30.3 Å². The molecule has 210 valence electrons. The standard InChI is InChI=1S/C32H49N3O3/c1-10-12-13-22(11-2)18-35-21(3)27(30(37)33-26-19-38-20-26)17-28(35)23-14-24(29(36)34-32(7,8)9)16-25(15-23)31(4,5)6/h14-17,22,26H,10-13,18-20H2,1-9H3,(H,33,37)(H,34,36). The molecule has 6 heteroatoms. The van der Waals surface area contributed by atoms with Crippen LogP contribution in [0, 0.1) is 12.8 Å². The molecule has 1 aromatic carbocycles. The summed E-state index contributed by atoms with van der Waals surface area (Å²) in [5.74, 6) is 0.372. The van der Waals surface area contributed by atoms with Crippen LogP contribution in [0.5, 0.6) is 0 Å². The third-order valence-electron chi connectivity index (χ3n) is 7.41. The molecule has 1 atom stereocenters. The summed E-state index contributed by atoms with van der Waals surface area (Å²) in [5.41, 5.74) is 4.87. The van der Waals surface area contributed by atoms with Gasteiger partial charge in [0.1, 0.15) is 0 Å². The van der Waals surface area contributed by atoms with Crippen LogP contribution in [0.15, 0.2) is 24.3 Å². The summed E-state index contributed by atoms with van der Waals surface area (Å²) in [6.45, 7) is 21.0. The molecule has 0 aliphatic carbocycles. The molecule has 1 saturated heterocycles. The van der Waals surface area contributed by atoms with E-state index in [9.17, 15) is 9.59 Å². The Kier molecular flexibility index (Phi) is 9.51. The van der Waals surface area contributed by atoms with Crippen LogP contribution in [0.2, 0.25) is 0 Å². The highest BCUT2D eigenvalue weighted by molar-refractivity contribution is 5.98. The third kappa shape index (κ3) is 7.49. The van der Waals surface area contributed by atoms with Gasteiger partial charge in [-0.15, -0.1) is 0 Å². The van der Waals surface area contributed by atoms with Crippen LogP contribution >= 0.6 is 0 Å². The molecule has 1 fully saturated rings. The number of hydrogen-bond donors (Lipinski definition) is 2. The van der Waals surface area contributed by atoms with E-state index in [-0.39, 0.29) is 28.8 Å². The average molecular weight is 524 g/mol. The fraction of sp³-hybridized carbons (Fsp3) is 0.625. The second-order valence-electron chi connectivity index (χ2n) is 13.0. The van der Waals surface area contributed by atoms with E-state index >= 15 is 0 Å². The van der Waals surface area contributed by atoms with Gasteiger partial charge in [-0.25, -0.2) is 0 Å². The molecule has 3 rings (SSSR count). The van der Waals surface area contributed by atoms with Crippen molar-refractivity contribution >= 4 is 11.8 Å². The zero-order valence-corrected chi connectivity index (χ0v) is 25.1. The first-order valence-corrected chi connectivity index (χ1v) is 14.3. The van der Waals surface area contributed by atoms with Crippen LogP contribution in [-0.4, -0.2) is 41.2 Å². The van der Waals surface area contributed by atoms with Crippen LogP contribution in [0.25, 0.3) is 11.3 Å². The summed E-state index contributed by atoms with van der Waals surface area (Å²) in [5, 5.41) is 6.24. The lowest BCUT2D eigenvalue weighted by Gasteiger charge is -2.26. The summed E-state index contributed by atoms with van der Waals surface area (Å²) in [6, 6.07) is 8.26. The number of nitrogens with zero attached hydrogens (tertiary/aromatic N) is 1. The van der Waals surface area contributed by atoms with E-state index < -0.39 is 0 Å². The largest absolute Gasteiger partial charge is 0.377 e. The average Bonchev–Trinajstić information content (AvgIpc) is 3.12. The van der Waals surface area contributed by atoms with Crippen molar-refractivity contribution in [1.82, 2.24) is 15.2 Å². The maximum atomic E-state index is 13.3. The van der Waals surface area contributed by atoms with Gasteiger partial charge in [-0.1, -0.05) is 53.9 Å². The monoisotopic (exact) mass is 523 g/mol. The fourth-order valence-corrected chi connectivity index (χ4v) is 4.86. The van der Waals surface area contributed by atoms with Gasteiger partial charge in [0.25, 0.3) is 11.8 Å². The normalized spacial score (nSPS) is 15.2. The van der Waals surface area contributed by atoms with Gasteiger partial charge in [-0.05, 0) is 80.8 Å². The summed E-state index contributed by atoms with van der Waals surface area (Å²) in [4.78, 5) is 26.6. The van der Waals surface area contributed by atoms with Crippen molar-refractivity contribution in [2.24, 2.45) is 5.92 Å². The number of amides is 2. The molecule has 38 heavy (non-hydrogen) atoms. The van der Waals surface area contributed by atoms with Crippen LogP contribution in [0.3, 0.4) is 0 Å². The molecule has 1 aliphatic heterocycles. The Morgan fingerprint density at radius 3 is 2.24 bits per heavy atom. The quantitative estimate of drug-likeness (QED) is 0.367. The first kappa shape index (κ1) is 29.9. The fourth-order valence-electron chi connectivity index (χ4n) is 4.86. The van der Waals surface area contributed by atoms with Crippen LogP contribution in [-0.2, 0) is 16.7 Å². The Hall–Kier alpha value is -2.60. The molecule has 1 aromatic heterocycles. The zero-order valence-electron chi connectivity index (χ0n) is 25.1. The Labute approximate surface area is 229 Å². The first-order valence-electron chi connectivity index (χ1n) is 14.3. The molecule has 1 aliphatic rings. The summed E-state index contributed by atoms with van der Waals surface area (Å²) < 4.78 is 7.57. The highest BCUT2D eigenvalue weighted by Gasteiger charge is 2.27. The van der Waals surface area contributed by atoms with Gasteiger partial charge in [0.05, 0.1) is 24.8 Å². The molecule has 2 heterocycles. The Balaban J connectivity index is 2.14. The molecular weight excluding hydrogens is 474 g/mol. The minimum Gasteiger partial charge on any atom is -0.377 e. The van der Waals surface area contributed by atoms with Crippen molar-refractivity contribution in [1.29, 1.82) is 0 Å². The van der Waals surface area contributed by atoms with E-state index in [0.717, 1.165) is 41.9 Å². The number of rotatable bonds is 10. The minimum absolute atomic E-state index is 0.0601. The second kappa shape index (κ2) is 12.1. The number of nitrogens with one attached hydrogen (secondary N) is 2. The van der Waals surface area contributed by atoms with Gasteiger partial charge in [0.2, 0.25) is 0 Å². The molecule has 2 amide bonds. The van der Waals surface area contributed by atoms with Crippen molar-refractivity contribution < 1.29 is 14.3 Å². The van der Waals surface area contributed by atoms with Gasteiger partial charge < -0.3 is 19.9 Å². The Morgan fingerprint density at radius 1 is 1.03 bits per heavy atom. The van der Waals surface area contributed by atoms with Gasteiger partial charge in [0.15, 0.2) is 0 Å². The lowest BCUT2D eigenvalue weighted by Crippen LogP contribution is -2.48. The second-order valence-corrected chi connectivity index (χ2v) is 13.0. The van der Waals surface area contributed by atoms with Crippen molar-refractivity contribution in [3.05, 3.63) is 46.6 Å². The number of aromatic nitrogens is 1. The molecule has 2 N–H and O–H groups in total. The van der Waals surface area contributed by atoms with Gasteiger partial charge >= 0.3 is 0 Å². The molecule has 1 unspecified atom stereocenters. The van der Waals surface area contributed by atoms with Crippen LogP contribution in [0.1, 0.15) is 113 Å². The van der Waals surface area contributed by atoms with E-state index in [1.807, 2.05) is 45.9 Å². The zero-order chi connectivity index (χ0) is 28.3. The molecule has 0 bridgehead atoms. The summed E-state index contributed by atoms with van der Waals surface area (Å²) in [7, 11) is 0. The lowest BCUT2D eigenvalue weighted by molar-refractivity contribution is -0.00347. The van der Waals surface area contributed by atoms with E-state index in [4.69, 9.17) is 4.74 Å². The highest BCUT2D eigenvalue weighted by Crippen LogP contribution is 2.33. The smallest absolute Gasteiger partial charge is 0.253 e. The summed E-state index contributed by atoms with van der Waals surface area (Å²) >= 11 is 0. The van der Waals surface area contributed by atoms with Gasteiger partial charge in [-0.2, -0.15) is 0 Å². The molecule has 0 spiro atoms. The summed E-state index contributed by atoms with van der Waals surface area (Å²) in [6.07, 6.45) is 4.61. The minimum atomic E-state index is -0.337. The van der Waals surface area contributed by atoms with Crippen LogP contribution < -0.4 is 10.6 Å². The molecular formula is C32H49N3O3.